The van der Waals surface area contributed by atoms with E-state index in [2.05, 4.69) is 37.9 Å². The normalized spacial score (nSPS) is 14.6. The van der Waals surface area contributed by atoms with E-state index in [4.69, 9.17) is 20.2 Å². The molecule has 0 amide bonds. The van der Waals surface area contributed by atoms with Gasteiger partial charge in [-0.05, 0) is 26.1 Å². The van der Waals surface area contributed by atoms with Crippen LogP contribution < -0.4 is 25.4 Å². The van der Waals surface area contributed by atoms with Crippen LogP contribution in [-0.4, -0.2) is 63.9 Å². The van der Waals surface area contributed by atoms with Crippen LogP contribution in [0, 0.1) is 6.92 Å². The van der Waals surface area contributed by atoms with Gasteiger partial charge in [-0.2, -0.15) is 5.10 Å². The second-order valence-corrected chi connectivity index (χ2v) is 9.70. The zero-order valence-corrected chi connectivity index (χ0v) is 22.4. The summed E-state index contributed by atoms with van der Waals surface area (Å²) in [6.45, 7) is 4.16. The maximum atomic E-state index is 13.1. The Bertz CT molecular complexity index is 1510. The number of anilines is 1. The first kappa shape index (κ1) is 25.4. The first-order chi connectivity index (χ1) is 18.3. The summed E-state index contributed by atoms with van der Waals surface area (Å²) in [4.78, 5) is 29.4. The third-order valence-electron chi connectivity index (χ3n) is 7.07. The highest BCUT2D eigenvalue weighted by Gasteiger charge is 2.28. The molecule has 0 atom stereocenters. The van der Waals surface area contributed by atoms with E-state index in [-0.39, 0.29) is 17.1 Å². The van der Waals surface area contributed by atoms with Gasteiger partial charge < -0.3 is 24.7 Å². The van der Waals surface area contributed by atoms with Crippen molar-refractivity contribution in [1.82, 2.24) is 29.5 Å². The van der Waals surface area contributed by atoms with Crippen LogP contribution in [0.2, 0.25) is 0 Å². The van der Waals surface area contributed by atoms with Crippen molar-refractivity contribution in [3.63, 3.8) is 0 Å². The van der Waals surface area contributed by atoms with Crippen LogP contribution >= 0.6 is 0 Å². The summed E-state index contributed by atoms with van der Waals surface area (Å²) in [5.41, 5.74) is 10.3. The number of likely N-dealkylation sites (tertiary alicyclic amines) is 1. The highest BCUT2D eigenvalue weighted by atomic mass is 16.5. The van der Waals surface area contributed by atoms with Gasteiger partial charge >= 0.3 is 0 Å². The van der Waals surface area contributed by atoms with Crippen molar-refractivity contribution in [3.8, 4) is 45.4 Å². The smallest absolute Gasteiger partial charge is 0.276 e. The lowest BCUT2D eigenvalue weighted by atomic mass is 10.1. The van der Waals surface area contributed by atoms with Gasteiger partial charge in [-0.3, -0.25) is 4.79 Å². The molecule has 1 aromatic carbocycles. The number of H-pyrrole nitrogens is 1. The molecule has 0 bridgehead atoms. The maximum absolute atomic E-state index is 13.1. The summed E-state index contributed by atoms with van der Waals surface area (Å²) in [6, 6.07) is 5.63. The van der Waals surface area contributed by atoms with Crippen LogP contribution in [0.3, 0.4) is 0 Å². The van der Waals surface area contributed by atoms with E-state index in [9.17, 15) is 4.79 Å². The summed E-state index contributed by atoms with van der Waals surface area (Å²) in [5.74, 6) is 1.33. The summed E-state index contributed by atoms with van der Waals surface area (Å²) >= 11 is 0. The van der Waals surface area contributed by atoms with Gasteiger partial charge in [-0.15, -0.1) is 4.68 Å². The fourth-order valence-corrected chi connectivity index (χ4v) is 4.82. The largest absolute Gasteiger partial charge is 0.497 e. The Morgan fingerprint density at radius 2 is 1.68 bits per heavy atom. The number of hydrogen-bond donors (Lipinski definition) is 2. The quantitative estimate of drug-likeness (QED) is 0.373. The van der Waals surface area contributed by atoms with E-state index in [1.54, 1.807) is 51.9 Å². The van der Waals surface area contributed by atoms with Crippen molar-refractivity contribution >= 4 is 5.82 Å². The number of nitrogen functional groups attached to an aromatic ring is 1. The Balaban J connectivity index is 1.56. The van der Waals surface area contributed by atoms with Gasteiger partial charge in [0, 0.05) is 50.8 Å². The second kappa shape index (κ2) is 10.3. The number of piperidine rings is 1. The van der Waals surface area contributed by atoms with E-state index >= 15 is 0 Å². The number of ether oxygens (including phenoxy) is 2. The Hall–Kier alpha value is -4.25. The van der Waals surface area contributed by atoms with E-state index in [1.807, 2.05) is 6.92 Å². The van der Waals surface area contributed by atoms with E-state index < -0.39 is 0 Å². The summed E-state index contributed by atoms with van der Waals surface area (Å²) in [5, 5.41) is 3.48. The lowest BCUT2D eigenvalue weighted by Crippen LogP contribution is -2.46. The Morgan fingerprint density at radius 1 is 1.03 bits per heavy atom. The number of nitrogens with zero attached hydrogens (tertiary/aromatic N) is 6. The minimum atomic E-state index is -0.271. The van der Waals surface area contributed by atoms with E-state index in [1.165, 1.54) is 4.57 Å². The number of nitrogens with one attached hydrogen (secondary N) is 1. The van der Waals surface area contributed by atoms with Crippen LogP contribution in [-0.2, 0) is 7.05 Å². The third-order valence-corrected chi connectivity index (χ3v) is 7.07. The predicted molar refractivity (Wildman–Crippen MR) is 144 cm³/mol. The molecule has 0 radical (unpaired) electrons. The molecular weight excluding hydrogens is 484 g/mol. The molecule has 5 rings (SSSR count). The highest BCUT2D eigenvalue weighted by molar-refractivity contribution is 5.73. The zero-order chi connectivity index (χ0) is 27.0. The molecule has 4 aromatic rings. The molecule has 1 aliphatic rings. The molecule has 1 fully saturated rings. The fraction of sp³-hybridized carbons (Fsp3) is 0.370. The van der Waals surface area contributed by atoms with Crippen LogP contribution in [0.4, 0.5) is 5.82 Å². The van der Waals surface area contributed by atoms with Crippen LogP contribution in [0.15, 0.2) is 41.6 Å². The van der Waals surface area contributed by atoms with Crippen LogP contribution in [0.5, 0.6) is 11.5 Å². The van der Waals surface area contributed by atoms with Crippen molar-refractivity contribution in [2.24, 2.45) is 7.05 Å². The minimum Gasteiger partial charge on any atom is -0.497 e. The van der Waals surface area contributed by atoms with Crippen molar-refractivity contribution in [2.75, 3.05) is 40.1 Å². The number of hydrogen-bond acceptors (Lipinski definition) is 8. The molecule has 3 aromatic heterocycles. The predicted octanol–water partition coefficient (Wildman–Crippen LogP) is 2.36. The number of aryl methyl sites for hydroxylation is 2. The Kier molecular flexibility index (Phi) is 6.85. The third kappa shape index (κ3) is 4.84. The molecular formula is C27H33N8O3+. The Labute approximate surface area is 220 Å². The highest BCUT2D eigenvalue weighted by Crippen LogP contribution is 2.30. The van der Waals surface area contributed by atoms with Crippen molar-refractivity contribution < 1.29 is 14.2 Å². The van der Waals surface area contributed by atoms with Crippen molar-refractivity contribution in [2.45, 2.75) is 25.8 Å². The van der Waals surface area contributed by atoms with Gasteiger partial charge in [0.1, 0.15) is 28.6 Å². The molecule has 0 spiro atoms. The van der Waals surface area contributed by atoms with E-state index in [0.717, 1.165) is 37.2 Å². The number of aromatic nitrogens is 6. The zero-order valence-electron chi connectivity index (χ0n) is 22.4. The number of rotatable bonds is 6. The van der Waals surface area contributed by atoms with Gasteiger partial charge in [-0.25, -0.2) is 15.0 Å². The fourth-order valence-electron chi connectivity index (χ4n) is 4.82. The molecule has 1 saturated heterocycles. The topological polar surface area (TPSA) is 128 Å². The Morgan fingerprint density at radius 3 is 2.34 bits per heavy atom. The van der Waals surface area contributed by atoms with Gasteiger partial charge in [0.25, 0.3) is 5.56 Å². The molecule has 0 saturated carbocycles. The SMILES string of the molecule is COc1cc(OC)cc(-c2nc(-c3nc(-c4c[n+](C5CCN(C)CC5)[nH]c4C)cnc3N)cn(C)c2=O)c1. The molecule has 0 aliphatic carbocycles. The van der Waals surface area contributed by atoms with Crippen molar-refractivity contribution in [3.05, 3.63) is 52.8 Å². The van der Waals surface area contributed by atoms with Gasteiger partial charge in [0.05, 0.1) is 37.4 Å². The molecule has 0 unspecified atom stereocenters. The number of aromatic amines is 1. The summed E-state index contributed by atoms with van der Waals surface area (Å²) in [6.07, 6.45) is 7.55. The summed E-state index contributed by atoms with van der Waals surface area (Å²) < 4.78 is 14.4. The molecule has 11 heteroatoms. The molecule has 1 aliphatic heterocycles. The first-order valence-electron chi connectivity index (χ1n) is 12.5. The second-order valence-electron chi connectivity index (χ2n) is 9.70. The lowest BCUT2D eigenvalue weighted by molar-refractivity contribution is -0.776. The van der Waals surface area contributed by atoms with E-state index in [0.29, 0.717) is 40.2 Å². The number of methoxy groups -OCH3 is 2. The molecule has 4 heterocycles. The van der Waals surface area contributed by atoms with Gasteiger partial charge in [0.2, 0.25) is 6.20 Å². The molecule has 38 heavy (non-hydrogen) atoms. The number of benzene rings is 1. The number of nitrogens with two attached hydrogens (primary N) is 1. The van der Waals surface area contributed by atoms with Crippen molar-refractivity contribution in [1.29, 1.82) is 0 Å². The molecule has 11 nitrogen and oxygen atoms in total. The monoisotopic (exact) mass is 517 g/mol. The molecule has 3 N–H and O–H groups in total. The first-order valence-corrected chi connectivity index (χ1v) is 12.5. The lowest BCUT2D eigenvalue weighted by Gasteiger charge is -2.24. The van der Waals surface area contributed by atoms with Gasteiger partial charge in [0.15, 0.2) is 11.9 Å². The average molecular weight is 518 g/mol. The minimum absolute atomic E-state index is 0.227. The van der Waals surface area contributed by atoms with Gasteiger partial charge in [-0.1, -0.05) is 0 Å². The molecule has 198 valence electrons. The standard InChI is InChI=1S/C27H32N8O3/c1-16-21(14-35(32-16)18-6-8-33(2)9-7-18)22-13-29-26(28)25(30-22)23-15-34(3)27(36)24(31-23)17-10-19(37-4)12-20(11-17)38-5/h10-15,18H,6-9H2,1-5H3,(H2,28,29)/p+1. The van der Waals surface area contributed by atoms with Crippen LogP contribution in [0.25, 0.3) is 33.9 Å². The average Bonchev–Trinajstić information content (AvgIpc) is 3.31. The summed E-state index contributed by atoms with van der Waals surface area (Å²) in [7, 11) is 6.94. The van der Waals surface area contributed by atoms with Crippen LogP contribution in [0.1, 0.15) is 24.6 Å². The maximum Gasteiger partial charge on any atom is 0.276 e.